The Morgan fingerprint density at radius 1 is 0.880 bits per heavy atom. The second-order valence-electron chi connectivity index (χ2n) is 6.27. The summed E-state index contributed by atoms with van der Waals surface area (Å²) in [7, 11) is 0. The third-order valence-electron chi connectivity index (χ3n) is 4.75. The molecule has 0 radical (unpaired) electrons. The third-order valence-corrected chi connectivity index (χ3v) is 5.47. The van der Waals surface area contributed by atoms with E-state index in [-0.39, 0.29) is 11.9 Å². The van der Waals surface area contributed by atoms with E-state index in [4.69, 9.17) is 0 Å². The molecule has 1 unspecified atom stereocenters. The molecule has 2 nitrogen and oxygen atoms in total. The molecular formula is C22H18INO. The summed E-state index contributed by atoms with van der Waals surface area (Å²) in [5, 5.41) is 0. The van der Waals surface area contributed by atoms with Gasteiger partial charge >= 0.3 is 0 Å². The first-order valence-corrected chi connectivity index (χ1v) is 9.51. The van der Waals surface area contributed by atoms with Crippen LogP contribution in [-0.2, 0) is 6.42 Å². The minimum absolute atomic E-state index is 0.0297. The fourth-order valence-electron chi connectivity index (χ4n) is 3.54. The van der Waals surface area contributed by atoms with E-state index in [9.17, 15) is 4.79 Å². The average Bonchev–Trinajstić information content (AvgIpc) is 2.68. The van der Waals surface area contributed by atoms with Crippen molar-refractivity contribution < 1.29 is 4.79 Å². The highest BCUT2D eigenvalue weighted by atomic mass is 127. The van der Waals surface area contributed by atoms with Crippen LogP contribution < -0.4 is 0 Å². The van der Waals surface area contributed by atoms with Crippen LogP contribution in [0.4, 0.5) is 0 Å². The van der Waals surface area contributed by atoms with E-state index in [0.717, 1.165) is 27.7 Å². The highest BCUT2D eigenvalue weighted by molar-refractivity contribution is 14.1. The Morgan fingerprint density at radius 3 is 2.32 bits per heavy atom. The van der Waals surface area contributed by atoms with Crippen molar-refractivity contribution in [1.29, 1.82) is 0 Å². The molecule has 0 aromatic heterocycles. The first-order chi connectivity index (χ1) is 12.2. The Kier molecular flexibility index (Phi) is 4.57. The maximum atomic E-state index is 13.2. The predicted octanol–water partition coefficient (Wildman–Crippen LogP) is 5.08. The number of benzene rings is 3. The van der Waals surface area contributed by atoms with Crippen LogP contribution in [0, 0.1) is 3.57 Å². The van der Waals surface area contributed by atoms with Crippen LogP contribution in [0.15, 0.2) is 78.9 Å². The lowest BCUT2D eigenvalue weighted by molar-refractivity contribution is 0.0694. The number of carbonyl (C=O) groups is 1. The van der Waals surface area contributed by atoms with E-state index in [1.165, 1.54) is 11.1 Å². The summed E-state index contributed by atoms with van der Waals surface area (Å²) in [6, 6.07) is 26.6. The molecule has 4 rings (SSSR count). The number of hydrogen-bond acceptors (Lipinski definition) is 1. The van der Waals surface area contributed by atoms with Gasteiger partial charge in [0.1, 0.15) is 0 Å². The van der Waals surface area contributed by atoms with E-state index in [0.29, 0.717) is 0 Å². The third kappa shape index (κ3) is 3.21. The second-order valence-corrected chi connectivity index (χ2v) is 7.51. The normalized spacial score (nSPS) is 16.4. The van der Waals surface area contributed by atoms with Gasteiger partial charge in [-0.05, 0) is 70.0 Å². The van der Waals surface area contributed by atoms with E-state index >= 15 is 0 Å². The minimum atomic E-state index is -0.0297. The molecule has 1 aliphatic rings. The van der Waals surface area contributed by atoms with Gasteiger partial charge in [-0.1, -0.05) is 54.6 Å². The minimum Gasteiger partial charge on any atom is -0.327 e. The molecule has 1 heterocycles. The largest absolute Gasteiger partial charge is 0.327 e. The van der Waals surface area contributed by atoms with Gasteiger partial charge in [-0.3, -0.25) is 4.79 Å². The Balaban J connectivity index is 1.78. The molecule has 0 spiro atoms. The molecule has 0 aliphatic carbocycles. The van der Waals surface area contributed by atoms with Gasteiger partial charge in [0.15, 0.2) is 0 Å². The SMILES string of the molecule is O=C(c1ccc(I)cc1)N1CCc2ccccc2C1c1ccccc1. The molecule has 3 heteroatoms. The fraction of sp³-hybridized carbons (Fsp3) is 0.136. The van der Waals surface area contributed by atoms with Crippen LogP contribution in [0.2, 0.25) is 0 Å². The first-order valence-electron chi connectivity index (χ1n) is 8.43. The van der Waals surface area contributed by atoms with Crippen molar-refractivity contribution >= 4 is 28.5 Å². The smallest absolute Gasteiger partial charge is 0.254 e. The molecule has 3 aromatic carbocycles. The maximum absolute atomic E-state index is 13.2. The number of amides is 1. The standard InChI is InChI=1S/C22H18INO/c23-19-12-10-18(11-13-19)22(25)24-15-14-16-6-4-5-9-20(16)21(24)17-7-2-1-3-8-17/h1-13,21H,14-15H2. The lowest BCUT2D eigenvalue weighted by Crippen LogP contribution is -2.40. The molecule has 0 bridgehead atoms. The van der Waals surface area contributed by atoms with Gasteiger partial charge in [-0.25, -0.2) is 0 Å². The first kappa shape index (κ1) is 16.3. The van der Waals surface area contributed by atoms with Crippen molar-refractivity contribution in [3.05, 3.63) is 105 Å². The number of fused-ring (bicyclic) bond motifs is 1. The van der Waals surface area contributed by atoms with Crippen molar-refractivity contribution in [2.45, 2.75) is 12.5 Å². The summed E-state index contributed by atoms with van der Waals surface area (Å²) in [5.74, 6) is 0.0970. The molecule has 3 aromatic rings. The van der Waals surface area contributed by atoms with E-state index < -0.39 is 0 Å². The van der Waals surface area contributed by atoms with Gasteiger partial charge in [0.05, 0.1) is 6.04 Å². The van der Waals surface area contributed by atoms with Crippen molar-refractivity contribution in [2.24, 2.45) is 0 Å². The van der Waals surface area contributed by atoms with E-state index in [1.54, 1.807) is 0 Å². The Labute approximate surface area is 161 Å². The van der Waals surface area contributed by atoms with Gasteiger partial charge < -0.3 is 4.90 Å². The quantitative estimate of drug-likeness (QED) is 0.510. The molecule has 25 heavy (non-hydrogen) atoms. The molecule has 0 fully saturated rings. The summed E-state index contributed by atoms with van der Waals surface area (Å²) in [6.45, 7) is 0.737. The van der Waals surface area contributed by atoms with Crippen molar-refractivity contribution in [3.63, 3.8) is 0 Å². The molecular weight excluding hydrogens is 421 g/mol. The van der Waals surface area contributed by atoms with E-state index in [2.05, 4.69) is 59.0 Å². The second kappa shape index (κ2) is 7.00. The maximum Gasteiger partial charge on any atom is 0.254 e. The molecule has 0 N–H and O–H groups in total. The highest BCUT2D eigenvalue weighted by Crippen LogP contribution is 2.35. The van der Waals surface area contributed by atoms with Crippen LogP contribution in [0.3, 0.4) is 0 Å². The molecule has 0 saturated carbocycles. The fourth-order valence-corrected chi connectivity index (χ4v) is 3.90. The van der Waals surface area contributed by atoms with Crippen LogP contribution in [-0.4, -0.2) is 17.4 Å². The van der Waals surface area contributed by atoms with Crippen LogP contribution >= 0.6 is 22.6 Å². The van der Waals surface area contributed by atoms with Crippen molar-refractivity contribution in [3.8, 4) is 0 Å². The van der Waals surface area contributed by atoms with Crippen molar-refractivity contribution in [2.75, 3.05) is 6.54 Å². The summed E-state index contributed by atoms with van der Waals surface area (Å²) in [4.78, 5) is 15.2. The lowest BCUT2D eigenvalue weighted by atomic mass is 9.88. The number of carbonyl (C=O) groups excluding carboxylic acids is 1. The summed E-state index contributed by atoms with van der Waals surface area (Å²) in [6.07, 6.45) is 0.898. The summed E-state index contributed by atoms with van der Waals surface area (Å²) >= 11 is 2.26. The predicted molar refractivity (Wildman–Crippen MR) is 109 cm³/mol. The average molecular weight is 439 g/mol. The van der Waals surface area contributed by atoms with Crippen LogP contribution in [0.25, 0.3) is 0 Å². The summed E-state index contributed by atoms with van der Waals surface area (Å²) in [5.41, 5.74) is 4.48. The number of rotatable bonds is 2. The zero-order valence-electron chi connectivity index (χ0n) is 13.7. The number of nitrogens with zero attached hydrogens (tertiary/aromatic N) is 1. The monoisotopic (exact) mass is 439 g/mol. The van der Waals surface area contributed by atoms with Crippen LogP contribution in [0.1, 0.15) is 33.1 Å². The van der Waals surface area contributed by atoms with E-state index in [1.807, 2.05) is 47.4 Å². The Bertz CT molecular complexity index is 889. The molecule has 1 atom stereocenters. The van der Waals surface area contributed by atoms with Gasteiger partial charge in [0, 0.05) is 15.7 Å². The molecule has 1 amide bonds. The van der Waals surface area contributed by atoms with Gasteiger partial charge in [0.2, 0.25) is 0 Å². The molecule has 0 saturated heterocycles. The Hall–Kier alpha value is -2.14. The molecule has 1 aliphatic heterocycles. The van der Waals surface area contributed by atoms with Crippen molar-refractivity contribution in [1.82, 2.24) is 4.90 Å². The lowest BCUT2D eigenvalue weighted by Gasteiger charge is -2.38. The highest BCUT2D eigenvalue weighted by Gasteiger charge is 2.32. The summed E-state index contributed by atoms with van der Waals surface area (Å²) < 4.78 is 1.14. The zero-order valence-corrected chi connectivity index (χ0v) is 15.9. The van der Waals surface area contributed by atoms with Gasteiger partial charge in [-0.15, -0.1) is 0 Å². The van der Waals surface area contributed by atoms with Gasteiger partial charge in [0.25, 0.3) is 5.91 Å². The zero-order chi connectivity index (χ0) is 17.2. The van der Waals surface area contributed by atoms with Gasteiger partial charge in [-0.2, -0.15) is 0 Å². The number of hydrogen-bond donors (Lipinski definition) is 0. The van der Waals surface area contributed by atoms with Crippen LogP contribution in [0.5, 0.6) is 0 Å². The number of halogens is 1. The Morgan fingerprint density at radius 2 is 1.56 bits per heavy atom. The molecule has 124 valence electrons. The topological polar surface area (TPSA) is 20.3 Å².